The number of nitrogens with zero attached hydrogens (tertiary/aromatic N) is 2. The molecular formula is C16H28N4O. The molecule has 5 heteroatoms. The fourth-order valence-corrected chi connectivity index (χ4v) is 2.33. The average Bonchev–Trinajstić information content (AvgIpc) is 2.51. The van der Waals surface area contributed by atoms with Crippen molar-refractivity contribution in [3.05, 3.63) is 24.0 Å². The molecule has 0 fully saturated rings. The van der Waals surface area contributed by atoms with Gasteiger partial charge in [-0.2, -0.15) is 0 Å². The van der Waals surface area contributed by atoms with Crippen molar-refractivity contribution < 1.29 is 4.79 Å². The second kappa shape index (κ2) is 9.34. The monoisotopic (exact) mass is 292 g/mol. The Balaban J connectivity index is 2.43. The number of carbonyl (C=O) groups excluding carboxylic acids is 1. The van der Waals surface area contributed by atoms with Crippen molar-refractivity contribution in [1.29, 1.82) is 0 Å². The molecule has 1 amide bonds. The largest absolute Gasteiger partial charge is 0.386 e. The number of pyridine rings is 1. The Hall–Kier alpha value is -1.62. The molecule has 1 atom stereocenters. The van der Waals surface area contributed by atoms with Gasteiger partial charge >= 0.3 is 0 Å². The molecule has 0 spiro atoms. The second-order valence-corrected chi connectivity index (χ2v) is 5.21. The summed E-state index contributed by atoms with van der Waals surface area (Å²) in [6.45, 7) is 9.67. The van der Waals surface area contributed by atoms with Gasteiger partial charge in [0.15, 0.2) is 0 Å². The lowest BCUT2D eigenvalue weighted by Crippen LogP contribution is -2.34. The first-order chi connectivity index (χ1) is 10.1. The Morgan fingerprint density at radius 2 is 2.10 bits per heavy atom. The van der Waals surface area contributed by atoms with Gasteiger partial charge in [0.05, 0.1) is 17.4 Å². The topological polar surface area (TPSA) is 57.3 Å². The summed E-state index contributed by atoms with van der Waals surface area (Å²) in [6.07, 6.45) is 5.39. The minimum Gasteiger partial charge on any atom is -0.386 e. The zero-order chi connectivity index (χ0) is 15.7. The molecule has 0 saturated heterocycles. The zero-order valence-corrected chi connectivity index (χ0v) is 13.6. The van der Waals surface area contributed by atoms with E-state index in [-0.39, 0.29) is 11.9 Å². The molecule has 1 unspecified atom stereocenters. The van der Waals surface area contributed by atoms with Crippen LogP contribution in [0.1, 0.15) is 44.0 Å². The van der Waals surface area contributed by atoms with Crippen molar-refractivity contribution in [2.45, 2.75) is 39.7 Å². The summed E-state index contributed by atoms with van der Waals surface area (Å²) in [5.74, 6) is -0.0444. The molecule has 0 saturated carbocycles. The summed E-state index contributed by atoms with van der Waals surface area (Å²) in [5.41, 5.74) is 1.40. The second-order valence-electron chi connectivity index (χ2n) is 5.21. The van der Waals surface area contributed by atoms with Gasteiger partial charge in [0, 0.05) is 19.3 Å². The Labute approximate surface area is 128 Å². The van der Waals surface area contributed by atoms with Crippen molar-refractivity contribution >= 4 is 11.6 Å². The summed E-state index contributed by atoms with van der Waals surface area (Å²) in [4.78, 5) is 18.7. The zero-order valence-electron chi connectivity index (χ0n) is 13.6. The predicted molar refractivity (Wildman–Crippen MR) is 87.7 cm³/mol. The third-order valence-electron chi connectivity index (χ3n) is 3.72. The molecule has 5 nitrogen and oxygen atoms in total. The van der Waals surface area contributed by atoms with E-state index in [0.717, 1.165) is 38.2 Å². The van der Waals surface area contributed by atoms with Gasteiger partial charge in [-0.25, -0.2) is 0 Å². The quantitative estimate of drug-likeness (QED) is 0.733. The minimum absolute atomic E-state index is 0.0444. The van der Waals surface area contributed by atoms with Crippen LogP contribution in [0.25, 0.3) is 0 Å². The van der Waals surface area contributed by atoms with Crippen molar-refractivity contribution in [3.8, 4) is 0 Å². The fourth-order valence-electron chi connectivity index (χ4n) is 2.33. The molecule has 0 aliphatic heterocycles. The van der Waals surface area contributed by atoms with Crippen LogP contribution in [-0.2, 0) is 0 Å². The van der Waals surface area contributed by atoms with E-state index in [0.29, 0.717) is 5.56 Å². The summed E-state index contributed by atoms with van der Waals surface area (Å²) in [5, 5.41) is 6.05. The highest BCUT2D eigenvalue weighted by Gasteiger charge is 2.13. The molecular weight excluding hydrogens is 264 g/mol. The molecule has 118 valence electrons. The number of carbonyl (C=O) groups is 1. The summed E-state index contributed by atoms with van der Waals surface area (Å²) >= 11 is 0. The van der Waals surface area contributed by atoms with Crippen molar-refractivity contribution in [2.75, 3.05) is 32.0 Å². The van der Waals surface area contributed by atoms with E-state index in [2.05, 4.69) is 41.3 Å². The average molecular weight is 292 g/mol. The van der Waals surface area contributed by atoms with Crippen LogP contribution in [-0.4, -0.2) is 48.5 Å². The Morgan fingerprint density at radius 3 is 2.71 bits per heavy atom. The van der Waals surface area contributed by atoms with Crippen LogP contribution in [0.15, 0.2) is 18.5 Å². The van der Waals surface area contributed by atoms with Crippen LogP contribution in [0.3, 0.4) is 0 Å². The van der Waals surface area contributed by atoms with E-state index in [1.165, 1.54) is 0 Å². The molecule has 2 N–H and O–H groups in total. The van der Waals surface area contributed by atoms with Gasteiger partial charge in [-0.3, -0.25) is 9.78 Å². The first-order valence-corrected chi connectivity index (χ1v) is 7.77. The Kier molecular flexibility index (Phi) is 7.75. The van der Waals surface area contributed by atoms with E-state index in [1.54, 1.807) is 25.5 Å². The van der Waals surface area contributed by atoms with Crippen molar-refractivity contribution in [1.82, 2.24) is 15.2 Å². The maximum absolute atomic E-state index is 12.3. The van der Waals surface area contributed by atoms with E-state index < -0.39 is 0 Å². The van der Waals surface area contributed by atoms with Gasteiger partial charge in [-0.15, -0.1) is 0 Å². The van der Waals surface area contributed by atoms with Crippen LogP contribution in [0, 0.1) is 0 Å². The number of amides is 1. The lowest BCUT2D eigenvalue weighted by Gasteiger charge is -2.20. The SMILES string of the molecule is CCN(CC)CCCC(C)NC(=O)c1ccncc1NC. The van der Waals surface area contributed by atoms with E-state index in [4.69, 9.17) is 0 Å². The van der Waals surface area contributed by atoms with Gasteiger partial charge in [-0.05, 0) is 45.5 Å². The summed E-state index contributed by atoms with van der Waals surface area (Å²) in [6, 6.07) is 1.91. The number of hydrogen-bond acceptors (Lipinski definition) is 4. The van der Waals surface area contributed by atoms with E-state index in [1.807, 2.05) is 0 Å². The highest BCUT2D eigenvalue weighted by Crippen LogP contribution is 2.12. The van der Waals surface area contributed by atoms with Gasteiger partial charge < -0.3 is 15.5 Å². The van der Waals surface area contributed by atoms with Crippen molar-refractivity contribution in [2.24, 2.45) is 0 Å². The number of rotatable bonds is 9. The number of hydrogen-bond donors (Lipinski definition) is 2. The smallest absolute Gasteiger partial charge is 0.253 e. The fraction of sp³-hybridized carbons (Fsp3) is 0.625. The molecule has 1 rings (SSSR count). The summed E-state index contributed by atoms with van der Waals surface area (Å²) in [7, 11) is 1.79. The normalized spacial score (nSPS) is 12.2. The molecule has 21 heavy (non-hydrogen) atoms. The molecule has 1 aromatic rings. The predicted octanol–water partition coefficient (Wildman–Crippen LogP) is 2.36. The highest BCUT2D eigenvalue weighted by molar-refractivity contribution is 5.99. The Morgan fingerprint density at radius 1 is 1.38 bits per heavy atom. The van der Waals surface area contributed by atoms with Crippen molar-refractivity contribution in [3.63, 3.8) is 0 Å². The van der Waals surface area contributed by atoms with E-state index in [9.17, 15) is 4.79 Å². The molecule has 1 heterocycles. The maximum Gasteiger partial charge on any atom is 0.253 e. The first kappa shape index (κ1) is 17.4. The molecule has 0 bridgehead atoms. The Bertz CT molecular complexity index is 432. The molecule has 0 aromatic carbocycles. The van der Waals surface area contributed by atoms with Crippen LogP contribution >= 0.6 is 0 Å². The number of anilines is 1. The highest BCUT2D eigenvalue weighted by atomic mass is 16.1. The van der Waals surface area contributed by atoms with Crippen LogP contribution in [0.5, 0.6) is 0 Å². The molecule has 0 aliphatic rings. The number of aromatic nitrogens is 1. The first-order valence-electron chi connectivity index (χ1n) is 7.77. The van der Waals surface area contributed by atoms with Gasteiger partial charge in [-0.1, -0.05) is 13.8 Å². The molecule has 1 aromatic heterocycles. The molecule has 0 radical (unpaired) electrons. The minimum atomic E-state index is -0.0444. The standard InChI is InChI=1S/C16H28N4O/c1-5-20(6-2)11-7-8-13(3)19-16(21)14-9-10-18-12-15(14)17-4/h9-10,12-13,17H,5-8,11H2,1-4H3,(H,19,21). The van der Waals surface area contributed by atoms with Gasteiger partial charge in [0.25, 0.3) is 5.91 Å². The lowest BCUT2D eigenvalue weighted by molar-refractivity contribution is 0.0938. The van der Waals surface area contributed by atoms with Crippen LogP contribution in [0.2, 0.25) is 0 Å². The third kappa shape index (κ3) is 5.71. The summed E-state index contributed by atoms with van der Waals surface area (Å²) < 4.78 is 0. The van der Waals surface area contributed by atoms with Crippen LogP contribution in [0.4, 0.5) is 5.69 Å². The van der Waals surface area contributed by atoms with Crippen LogP contribution < -0.4 is 10.6 Å². The van der Waals surface area contributed by atoms with E-state index >= 15 is 0 Å². The third-order valence-corrected chi connectivity index (χ3v) is 3.72. The molecule has 0 aliphatic carbocycles. The van der Waals surface area contributed by atoms with Gasteiger partial charge in [0.1, 0.15) is 0 Å². The lowest BCUT2D eigenvalue weighted by atomic mass is 10.1. The van der Waals surface area contributed by atoms with Gasteiger partial charge in [0.2, 0.25) is 0 Å². The maximum atomic E-state index is 12.3. The number of nitrogens with one attached hydrogen (secondary N) is 2.